The van der Waals surface area contributed by atoms with Crippen molar-refractivity contribution in [3.05, 3.63) is 95.5 Å². The van der Waals surface area contributed by atoms with E-state index in [2.05, 4.69) is 10.3 Å². The zero-order valence-corrected chi connectivity index (χ0v) is 21.6. The SMILES string of the molecule is O=C(/C=C/c1cccnc1)NCc1cc2cc(-c3ccc(C(=O)N4CCC(F)(F)CC4)cc3)cc(C(F)(F)F)c2o1. The summed E-state index contributed by atoms with van der Waals surface area (Å²) in [5.74, 6) is -3.52. The number of hydrogen-bond acceptors (Lipinski definition) is 4. The van der Waals surface area contributed by atoms with Crippen LogP contribution in [0.4, 0.5) is 22.0 Å². The van der Waals surface area contributed by atoms with Crippen molar-refractivity contribution in [1.82, 2.24) is 15.2 Å². The van der Waals surface area contributed by atoms with Gasteiger partial charge in [0.15, 0.2) is 0 Å². The van der Waals surface area contributed by atoms with E-state index in [-0.39, 0.29) is 47.5 Å². The fraction of sp³-hybridized carbons (Fsp3) is 0.233. The number of nitrogens with zero attached hydrogens (tertiary/aromatic N) is 2. The second-order valence-electron chi connectivity index (χ2n) is 9.72. The van der Waals surface area contributed by atoms with E-state index in [0.29, 0.717) is 11.1 Å². The molecule has 5 rings (SSSR count). The maximum Gasteiger partial charge on any atom is 0.420 e. The van der Waals surface area contributed by atoms with Crippen LogP contribution in [-0.4, -0.2) is 40.7 Å². The van der Waals surface area contributed by atoms with E-state index in [4.69, 9.17) is 4.42 Å². The van der Waals surface area contributed by atoms with E-state index in [9.17, 15) is 31.5 Å². The molecule has 0 atom stereocenters. The summed E-state index contributed by atoms with van der Waals surface area (Å²) in [6.07, 6.45) is 0.478. The Balaban J connectivity index is 1.34. The van der Waals surface area contributed by atoms with Crippen molar-refractivity contribution < 1.29 is 36.0 Å². The first kappa shape index (κ1) is 28.0. The molecule has 1 fully saturated rings. The number of benzene rings is 2. The summed E-state index contributed by atoms with van der Waals surface area (Å²) in [7, 11) is 0. The lowest BCUT2D eigenvalue weighted by molar-refractivity contribution is -0.136. The van der Waals surface area contributed by atoms with Crippen molar-refractivity contribution >= 4 is 28.9 Å². The number of fused-ring (bicyclic) bond motifs is 1. The van der Waals surface area contributed by atoms with Gasteiger partial charge < -0.3 is 14.6 Å². The first-order valence-electron chi connectivity index (χ1n) is 12.8. The number of carbonyl (C=O) groups is 2. The van der Waals surface area contributed by atoms with Crippen LogP contribution >= 0.6 is 0 Å². The van der Waals surface area contributed by atoms with Gasteiger partial charge in [0.05, 0.1) is 12.1 Å². The van der Waals surface area contributed by atoms with Gasteiger partial charge in [0.25, 0.3) is 11.8 Å². The molecule has 3 heterocycles. The molecule has 212 valence electrons. The third-order valence-corrected chi connectivity index (χ3v) is 6.77. The number of hydrogen-bond donors (Lipinski definition) is 1. The third kappa shape index (κ3) is 6.62. The van der Waals surface area contributed by atoms with Crippen molar-refractivity contribution in [3.63, 3.8) is 0 Å². The Morgan fingerprint density at radius 3 is 2.41 bits per heavy atom. The van der Waals surface area contributed by atoms with Gasteiger partial charge in [-0.1, -0.05) is 18.2 Å². The van der Waals surface area contributed by atoms with Gasteiger partial charge in [0.2, 0.25) is 5.91 Å². The van der Waals surface area contributed by atoms with Crippen LogP contribution in [0, 0.1) is 0 Å². The van der Waals surface area contributed by atoms with E-state index in [1.54, 1.807) is 30.6 Å². The monoisotopic (exact) mass is 569 g/mol. The number of likely N-dealkylation sites (tertiary alicyclic amines) is 1. The summed E-state index contributed by atoms with van der Waals surface area (Å²) >= 11 is 0. The van der Waals surface area contributed by atoms with Gasteiger partial charge in [0.1, 0.15) is 11.3 Å². The quantitative estimate of drug-likeness (QED) is 0.207. The van der Waals surface area contributed by atoms with Gasteiger partial charge in [-0.25, -0.2) is 8.78 Å². The topological polar surface area (TPSA) is 75.4 Å². The largest absolute Gasteiger partial charge is 0.459 e. The number of halogens is 5. The molecule has 4 aromatic rings. The highest BCUT2D eigenvalue weighted by Gasteiger charge is 2.36. The van der Waals surface area contributed by atoms with Gasteiger partial charge in [-0.15, -0.1) is 0 Å². The predicted octanol–water partition coefficient (Wildman–Crippen LogP) is 6.71. The van der Waals surface area contributed by atoms with Crippen LogP contribution in [0.1, 0.15) is 40.1 Å². The van der Waals surface area contributed by atoms with Crippen LogP contribution < -0.4 is 5.32 Å². The lowest BCUT2D eigenvalue weighted by Crippen LogP contribution is -2.42. The van der Waals surface area contributed by atoms with E-state index < -0.39 is 42.3 Å². The number of rotatable bonds is 6. The van der Waals surface area contributed by atoms with Gasteiger partial charge >= 0.3 is 6.18 Å². The molecule has 0 spiro atoms. The summed E-state index contributed by atoms with van der Waals surface area (Å²) in [6, 6.07) is 13.4. The number of aromatic nitrogens is 1. The second kappa shape index (κ2) is 11.1. The van der Waals surface area contributed by atoms with Crippen LogP contribution in [0.2, 0.25) is 0 Å². The van der Waals surface area contributed by atoms with Crippen molar-refractivity contribution in [3.8, 4) is 11.1 Å². The summed E-state index contributed by atoms with van der Waals surface area (Å²) in [5.41, 5.74) is 0.309. The maximum atomic E-state index is 14.0. The standard InChI is InChI=1S/C30H24F5N3O3/c31-29(32)9-12-38(13-10-29)28(40)21-6-4-20(5-7-21)22-14-23-15-24(41-27(23)25(16-22)30(33,34)35)18-37-26(39)8-3-19-2-1-11-36-17-19/h1-8,11,14-17H,9-10,12-13,18H2,(H,37,39)/b8-3+. The second-order valence-corrected chi connectivity index (χ2v) is 9.72. The van der Waals surface area contributed by atoms with Crippen LogP contribution in [0.5, 0.6) is 0 Å². The third-order valence-electron chi connectivity index (χ3n) is 6.77. The molecule has 2 aromatic carbocycles. The Morgan fingerprint density at radius 1 is 1.02 bits per heavy atom. The zero-order valence-electron chi connectivity index (χ0n) is 21.6. The molecule has 1 saturated heterocycles. The minimum absolute atomic E-state index is 0.0662. The summed E-state index contributed by atoms with van der Waals surface area (Å²) in [6.45, 7) is -0.261. The Bertz CT molecular complexity index is 1590. The Labute approximate surface area is 231 Å². The molecule has 1 aliphatic heterocycles. The first-order valence-corrected chi connectivity index (χ1v) is 12.8. The minimum Gasteiger partial charge on any atom is -0.459 e. The van der Waals surface area contributed by atoms with E-state index >= 15 is 0 Å². The van der Waals surface area contributed by atoms with Crippen molar-refractivity contribution in [2.24, 2.45) is 0 Å². The average molecular weight is 570 g/mol. The maximum absolute atomic E-state index is 14.0. The predicted molar refractivity (Wildman–Crippen MR) is 142 cm³/mol. The molecule has 2 aromatic heterocycles. The van der Waals surface area contributed by atoms with E-state index in [1.165, 1.54) is 47.4 Å². The van der Waals surface area contributed by atoms with Gasteiger partial charge in [-0.2, -0.15) is 13.2 Å². The van der Waals surface area contributed by atoms with E-state index in [0.717, 1.165) is 6.07 Å². The Kier molecular flexibility index (Phi) is 7.61. The summed E-state index contributed by atoms with van der Waals surface area (Å²) < 4.78 is 74.3. The molecule has 0 radical (unpaired) electrons. The Hall–Kier alpha value is -4.54. The first-order chi connectivity index (χ1) is 19.5. The van der Waals surface area contributed by atoms with Gasteiger partial charge in [0, 0.05) is 55.4 Å². The molecular formula is C30H24F5N3O3. The number of pyridine rings is 1. The van der Waals surface area contributed by atoms with Crippen LogP contribution in [0.25, 0.3) is 28.2 Å². The van der Waals surface area contributed by atoms with E-state index in [1.807, 2.05) is 0 Å². The number of furan rings is 1. The highest BCUT2D eigenvalue weighted by atomic mass is 19.4. The zero-order chi connectivity index (χ0) is 29.2. The molecule has 1 N–H and O–H groups in total. The summed E-state index contributed by atoms with van der Waals surface area (Å²) in [4.78, 5) is 30.2. The molecule has 0 bridgehead atoms. The van der Waals surface area contributed by atoms with Crippen molar-refractivity contribution in [1.29, 1.82) is 0 Å². The fourth-order valence-corrected chi connectivity index (χ4v) is 4.58. The lowest BCUT2D eigenvalue weighted by atomic mass is 9.98. The Morgan fingerprint density at radius 2 is 1.76 bits per heavy atom. The average Bonchev–Trinajstić information content (AvgIpc) is 3.37. The van der Waals surface area contributed by atoms with Crippen LogP contribution in [0.3, 0.4) is 0 Å². The molecule has 2 amide bonds. The number of amides is 2. The van der Waals surface area contributed by atoms with Crippen LogP contribution in [-0.2, 0) is 17.5 Å². The summed E-state index contributed by atoms with van der Waals surface area (Å²) in [5, 5.41) is 2.78. The van der Waals surface area contributed by atoms with Crippen molar-refractivity contribution in [2.45, 2.75) is 31.5 Å². The van der Waals surface area contributed by atoms with Crippen molar-refractivity contribution in [2.75, 3.05) is 13.1 Å². The molecule has 41 heavy (non-hydrogen) atoms. The number of carbonyl (C=O) groups excluding carboxylic acids is 2. The normalized spacial score (nSPS) is 15.4. The highest BCUT2D eigenvalue weighted by molar-refractivity contribution is 5.95. The lowest BCUT2D eigenvalue weighted by Gasteiger charge is -2.31. The molecule has 6 nitrogen and oxygen atoms in total. The fourth-order valence-electron chi connectivity index (χ4n) is 4.58. The highest BCUT2D eigenvalue weighted by Crippen LogP contribution is 2.39. The van der Waals surface area contributed by atoms with Gasteiger partial charge in [-0.05, 0) is 59.2 Å². The molecule has 0 unspecified atom stereocenters. The molecule has 11 heteroatoms. The number of alkyl halides is 5. The number of piperidine rings is 1. The molecule has 0 aliphatic carbocycles. The smallest absolute Gasteiger partial charge is 0.420 e. The van der Waals surface area contributed by atoms with Crippen LogP contribution in [0.15, 0.2) is 77.5 Å². The number of nitrogens with one attached hydrogen (secondary N) is 1. The molecule has 0 saturated carbocycles. The molecule has 1 aliphatic rings. The molecular weight excluding hydrogens is 545 g/mol. The minimum atomic E-state index is -4.72. The van der Waals surface area contributed by atoms with Gasteiger partial charge in [-0.3, -0.25) is 14.6 Å².